The lowest BCUT2D eigenvalue weighted by molar-refractivity contribution is 0.477. The van der Waals surface area contributed by atoms with Crippen molar-refractivity contribution in [3.8, 4) is 0 Å². The van der Waals surface area contributed by atoms with Crippen LogP contribution in [0.4, 0.5) is 21.7 Å². The molecule has 3 rings (SSSR count). The fourth-order valence-electron chi connectivity index (χ4n) is 3.30. The first-order chi connectivity index (χ1) is 14.0. The van der Waals surface area contributed by atoms with Gasteiger partial charge in [-0.3, -0.25) is 0 Å². The predicted octanol–water partition coefficient (Wildman–Crippen LogP) is 4.53. The van der Waals surface area contributed by atoms with E-state index in [-0.39, 0.29) is 5.82 Å². The molecular weight excluding hydrogens is 367 g/mol. The molecule has 156 valence electrons. The van der Waals surface area contributed by atoms with Crippen LogP contribution in [0.15, 0.2) is 35.5 Å². The Morgan fingerprint density at radius 3 is 2.76 bits per heavy atom. The molecule has 0 spiro atoms. The molecule has 1 fully saturated rings. The molecule has 0 atom stereocenters. The highest BCUT2D eigenvalue weighted by Crippen LogP contribution is 2.23. The van der Waals surface area contributed by atoms with E-state index < -0.39 is 0 Å². The Kier molecular flexibility index (Phi) is 7.52. The summed E-state index contributed by atoms with van der Waals surface area (Å²) in [6.45, 7) is 8.24. The highest BCUT2D eigenvalue weighted by molar-refractivity contribution is 5.95. The van der Waals surface area contributed by atoms with E-state index in [0.29, 0.717) is 29.4 Å². The van der Waals surface area contributed by atoms with E-state index in [0.717, 1.165) is 50.2 Å². The maximum atomic E-state index is 13.9. The maximum absolute atomic E-state index is 13.9. The zero-order valence-corrected chi connectivity index (χ0v) is 17.5. The molecule has 6 nitrogen and oxygen atoms in total. The Hall–Kier alpha value is -2.54. The fraction of sp³-hybridized carbons (Fsp3) is 0.500. The summed E-state index contributed by atoms with van der Waals surface area (Å²) in [4.78, 5) is 13.9. The van der Waals surface area contributed by atoms with Crippen LogP contribution in [-0.2, 0) is 6.42 Å². The second-order valence-corrected chi connectivity index (χ2v) is 7.93. The SMILES string of the molecule is C/C(=N\c1cnc(NC2CCNCC2)nc1CCC(C)C)Nc1ccccc1F. The Morgan fingerprint density at radius 1 is 1.28 bits per heavy atom. The number of anilines is 2. The van der Waals surface area contributed by atoms with E-state index in [1.54, 1.807) is 24.4 Å². The number of nitrogens with one attached hydrogen (secondary N) is 3. The van der Waals surface area contributed by atoms with Crippen molar-refractivity contribution in [1.29, 1.82) is 0 Å². The van der Waals surface area contributed by atoms with Gasteiger partial charge >= 0.3 is 0 Å². The van der Waals surface area contributed by atoms with Crippen LogP contribution in [0.3, 0.4) is 0 Å². The van der Waals surface area contributed by atoms with Gasteiger partial charge in [0.2, 0.25) is 5.95 Å². The number of para-hydroxylation sites is 1. The fourth-order valence-corrected chi connectivity index (χ4v) is 3.30. The number of hydrogen-bond acceptors (Lipinski definition) is 5. The Bertz CT molecular complexity index is 830. The topological polar surface area (TPSA) is 74.2 Å². The summed E-state index contributed by atoms with van der Waals surface area (Å²) in [6.07, 6.45) is 5.74. The number of rotatable bonds is 7. The number of piperidine rings is 1. The molecular formula is C22H31FN6. The van der Waals surface area contributed by atoms with Crippen LogP contribution >= 0.6 is 0 Å². The number of halogens is 1. The van der Waals surface area contributed by atoms with Gasteiger partial charge in [0.1, 0.15) is 17.3 Å². The third-order valence-corrected chi connectivity index (χ3v) is 4.95. The zero-order chi connectivity index (χ0) is 20.6. The van der Waals surface area contributed by atoms with Crippen molar-refractivity contribution in [2.75, 3.05) is 23.7 Å². The summed E-state index contributed by atoms with van der Waals surface area (Å²) in [6, 6.07) is 6.97. The van der Waals surface area contributed by atoms with Crippen molar-refractivity contribution in [1.82, 2.24) is 15.3 Å². The van der Waals surface area contributed by atoms with Gasteiger partial charge in [0.05, 0.1) is 17.6 Å². The minimum Gasteiger partial charge on any atom is -0.351 e. The summed E-state index contributed by atoms with van der Waals surface area (Å²) in [5.74, 6) is 1.53. The summed E-state index contributed by atoms with van der Waals surface area (Å²) in [5.41, 5.74) is 2.05. The van der Waals surface area contributed by atoms with E-state index in [1.165, 1.54) is 6.07 Å². The average Bonchev–Trinajstić information content (AvgIpc) is 2.70. The normalized spacial score (nSPS) is 15.6. The molecule has 1 aromatic heterocycles. The molecule has 7 heteroatoms. The van der Waals surface area contributed by atoms with Crippen molar-refractivity contribution < 1.29 is 4.39 Å². The summed E-state index contributed by atoms with van der Waals surface area (Å²) in [7, 11) is 0. The number of hydrogen-bond donors (Lipinski definition) is 3. The number of amidine groups is 1. The van der Waals surface area contributed by atoms with Crippen LogP contribution in [0.1, 0.15) is 45.7 Å². The van der Waals surface area contributed by atoms with Gasteiger partial charge in [0, 0.05) is 6.04 Å². The van der Waals surface area contributed by atoms with Crippen molar-refractivity contribution >= 4 is 23.2 Å². The van der Waals surface area contributed by atoms with Crippen molar-refractivity contribution in [3.63, 3.8) is 0 Å². The van der Waals surface area contributed by atoms with Crippen LogP contribution in [0.2, 0.25) is 0 Å². The smallest absolute Gasteiger partial charge is 0.223 e. The van der Waals surface area contributed by atoms with Crippen LogP contribution < -0.4 is 16.0 Å². The third kappa shape index (κ3) is 6.49. The predicted molar refractivity (Wildman–Crippen MR) is 117 cm³/mol. The molecule has 1 aliphatic rings. The zero-order valence-electron chi connectivity index (χ0n) is 17.5. The van der Waals surface area contributed by atoms with E-state index in [9.17, 15) is 4.39 Å². The Morgan fingerprint density at radius 2 is 2.03 bits per heavy atom. The van der Waals surface area contributed by atoms with E-state index in [1.807, 2.05) is 6.92 Å². The summed E-state index contributed by atoms with van der Waals surface area (Å²) in [5, 5.41) is 9.86. The second kappa shape index (κ2) is 10.3. The number of nitrogens with zero attached hydrogens (tertiary/aromatic N) is 3. The molecule has 0 unspecified atom stereocenters. The number of aryl methyl sites for hydroxylation is 1. The lowest BCUT2D eigenvalue weighted by atomic mass is 10.1. The van der Waals surface area contributed by atoms with Gasteiger partial charge in [-0.25, -0.2) is 19.4 Å². The van der Waals surface area contributed by atoms with Gasteiger partial charge in [-0.15, -0.1) is 0 Å². The molecule has 1 aromatic carbocycles. The van der Waals surface area contributed by atoms with E-state index in [2.05, 4.69) is 39.8 Å². The molecule has 0 saturated carbocycles. The van der Waals surface area contributed by atoms with Crippen LogP contribution in [0, 0.1) is 11.7 Å². The molecule has 1 saturated heterocycles. The second-order valence-electron chi connectivity index (χ2n) is 7.93. The number of aliphatic imine (C=N–C) groups is 1. The quantitative estimate of drug-likeness (QED) is 0.472. The summed E-state index contributed by atoms with van der Waals surface area (Å²) >= 11 is 0. The van der Waals surface area contributed by atoms with Crippen LogP contribution in [0.5, 0.6) is 0 Å². The van der Waals surface area contributed by atoms with Gasteiger partial charge in [0.15, 0.2) is 0 Å². The lowest BCUT2D eigenvalue weighted by Gasteiger charge is -2.23. The van der Waals surface area contributed by atoms with Crippen LogP contribution in [-0.4, -0.2) is 34.9 Å². The van der Waals surface area contributed by atoms with Crippen molar-refractivity contribution in [2.24, 2.45) is 10.9 Å². The van der Waals surface area contributed by atoms with E-state index in [4.69, 9.17) is 4.98 Å². The van der Waals surface area contributed by atoms with Gasteiger partial charge in [-0.1, -0.05) is 26.0 Å². The minimum absolute atomic E-state index is 0.306. The molecule has 0 aliphatic carbocycles. The van der Waals surface area contributed by atoms with Crippen LogP contribution in [0.25, 0.3) is 0 Å². The monoisotopic (exact) mass is 398 g/mol. The summed E-state index contributed by atoms with van der Waals surface area (Å²) < 4.78 is 13.9. The van der Waals surface area contributed by atoms with E-state index >= 15 is 0 Å². The molecule has 29 heavy (non-hydrogen) atoms. The molecule has 2 aromatic rings. The first-order valence-electron chi connectivity index (χ1n) is 10.4. The number of aromatic nitrogens is 2. The molecule has 3 N–H and O–H groups in total. The average molecular weight is 399 g/mol. The third-order valence-electron chi connectivity index (χ3n) is 4.95. The van der Waals surface area contributed by atoms with Gasteiger partial charge < -0.3 is 16.0 Å². The van der Waals surface area contributed by atoms with Crippen molar-refractivity contribution in [3.05, 3.63) is 42.0 Å². The first kappa shape index (κ1) is 21.2. The number of benzene rings is 1. The van der Waals surface area contributed by atoms with Crippen molar-refractivity contribution in [2.45, 2.75) is 52.5 Å². The minimum atomic E-state index is -0.306. The Labute approximate surface area is 172 Å². The molecule has 0 bridgehead atoms. The maximum Gasteiger partial charge on any atom is 0.223 e. The Balaban J connectivity index is 1.78. The van der Waals surface area contributed by atoms with Gasteiger partial charge in [0.25, 0.3) is 0 Å². The lowest BCUT2D eigenvalue weighted by Crippen LogP contribution is -2.35. The first-order valence-corrected chi connectivity index (χ1v) is 10.4. The molecule has 2 heterocycles. The molecule has 0 radical (unpaired) electrons. The van der Waals surface area contributed by atoms with Gasteiger partial charge in [-0.2, -0.15) is 0 Å². The molecule has 1 aliphatic heterocycles. The highest BCUT2D eigenvalue weighted by Gasteiger charge is 2.15. The largest absolute Gasteiger partial charge is 0.351 e. The highest BCUT2D eigenvalue weighted by atomic mass is 19.1. The molecule has 0 amide bonds. The van der Waals surface area contributed by atoms with Gasteiger partial charge in [-0.05, 0) is 63.7 Å². The standard InChI is InChI=1S/C22H31FN6/c1-15(2)8-9-20-21(27-16(3)26-19-7-5-4-6-18(19)23)14-25-22(29-20)28-17-10-12-24-13-11-17/h4-7,14-15,17,24H,8-13H2,1-3H3,(H,26,27)(H,25,28,29).